The van der Waals surface area contributed by atoms with Crippen LogP contribution in [-0.4, -0.2) is 32.5 Å². The molecule has 1 aliphatic rings. The number of fused-ring (bicyclic) bond motifs is 1. The quantitative estimate of drug-likeness (QED) is 0.397. The van der Waals surface area contributed by atoms with E-state index in [1.807, 2.05) is 18.2 Å². The Morgan fingerprint density at radius 1 is 1.24 bits per heavy atom. The van der Waals surface area contributed by atoms with Crippen LogP contribution in [-0.2, 0) is 17.8 Å². The van der Waals surface area contributed by atoms with Gasteiger partial charge in [-0.1, -0.05) is 35.9 Å². The normalized spacial score (nSPS) is 13.5. The van der Waals surface area contributed by atoms with Gasteiger partial charge in [0.1, 0.15) is 0 Å². The van der Waals surface area contributed by atoms with Crippen molar-refractivity contribution >= 4 is 29.3 Å². The molecule has 8 heteroatoms. The molecule has 0 radical (unpaired) electrons. The molecule has 0 fully saturated rings. The van der Waals surface area contributed by atoms with Gasteiger partial charge in [0.15, 0.2) is 0 Å². The number of aromatic nitrogens is 2. The van der Waals surface area contributed by atoms with Gasteiger partial charge in [-0.3, -0.25) is 20.0 Å². The number of halogens is 1. The Labute approximate surface area is 171 Å². The maximum Gasteiger partial charge on any atom is 0.270 e. The van der Waals surface area contributed by atoms with Crippen LogP contribution in [0.15, 0.2) is 54.6 Å². The van der Waals surface area contributed by atoms with Crippen molar-refractivity contribution in [2.45, 2.75) is 13.0 Å². The topological polar surface area (TPSA) is 92.1 Å². The first-order valence-electron chi connectivity index (χ1n) is 9.05. The van der Waals surface area contributed by atoms with E-state index >= 15 is 0 Å². The fourth-order valence-electron chi connectivity index (χ4n) is 3.37. The second kappa shape index (κ2) is 7.89. The van der Waals surface area contributed by atoms with Crippen LogP contribution in [0.2, 0.25) is 5.02 Å². The fraction of sp³-hybridized carbons (Fsp3) is 0.143. The number of rotatable bonds is 4. The zero-order valence-electron chi connectivity index (χ0n) is 15.3. The summed E-state index contributed by atoms with van der Waals surface area (Å²) >= 11 is 6.10. The van der Waals surface area contributed by atoms with E-state index in [1.165, 1.54) is 18.2 Å². The Hall–Kier alpha value is -3.45. The van der Waals surface area contributed by atoms with Crippen LogP contribution in [0.1, 0.15) is 16.8 Å². The lowest BCUT2D eigenvalue weighted by Crippen LogP contribution is -2.34. The molecule has 29 heavy (non-hydrogen) atoms. The predicted octanol–water partition coefficient (Wildman–Crippen LogP) is 4.24. The number of nitrogens with zero attached hydrogens (tertiary/aromatic N) is 3. The van der Waals surface area contributed by atoms with Crippen molar-refractivity contribution in [1.29, 1.82) is 0 Å². The third-order valence-corrected chi connectivity index (χ3v) is 5.08. The number of H-pyrrole nitrogens is 1. The van der Waals surface area contributed by atoms with Crippen molar-refractivity contribution in [2.75, 3.05) is 6.54 Å². The standard InChI is InChI=1S/C21H17ClN4O3/c22-16-5-2-4-15(12-16)21-18-13-25(10-9-19(18)23-24-21)20(27)8-7-14-3-1-6-17(11-14)26(28)29/h1-8,11-12H,9-10,13H2,(H,23,24)/b8-7+. The highest BCUT2D eigenvalue weighted by atomic mass is 35.5. The number of aromatic amines is 1. The van der Waals surface area contributed by atoms with E-state index in [4.69, 9.17) is 11.6 Å². The second-order valence-electron chi connectivity index (χ2n) is 6.73. The smallest absolute Gasteiger partial charge is 0.270 e. The zero-order chi connectivity index (χ0) is 20.4. The van der Waals surface area contributed by atoms with Gasteiger partial charge in [0, 0.05) is 59.6 Å². The largest absolute Gasteiger partial charge is 0.334 e. The minimum Gasteiger partial charge on any atom is -0.334 e. The summed E-state index contributed by atoms with van der Waals surface area (Å²) in [5.41, 5.74) is 4.29. The molecule has 1 aliphatic heterocycles. The van der Waals surface area contributed by atoms with Crippen LogP contribution in [0.5, 0.6) is 0 Å². The highest BCUT2D eigenvalue weighted by Gasteiger charge is 2.24. The first-order valence-corrected chi connectivity index (χ1v) is 9.42. The fourth-order valence-corrected chi connectivity index (χ4v) is 3.56. The Kier molecular flexibility index (Phi) is 5.14. The van der Waals surface area contributed by atoms with Crippen molar-refractivity contribution in [1.82, 2.24) is 15.1 Å². The highest BCUT2D eigenvalue weighted by molar-refractivity contribution is 6.30. The Balaban J connectivity index is 1.52. The molecule has 1 N–H and O–H groups in total. The van der Waals surface area contributed by atoms with E-state index in [2.05, 4.69) is 10.2 Å². The SMILES string of the molecule is O=C(/C=C/c1cccc([N+](=O)[O-])c1)N1CCc2[nH]nc(-c3cccc(Cl)c3)c2C1. The molecule has 0 spiro atoms. The number of amides is 1. The summed E-state index contributed by atoms with van der Waals surface area (Å²) in [7, 11) is 0. The van der Waals surface area contributed by atoms with E-state index in [-0.39, 0.29) is 11.6 Å². The second-order valence-corrected chi connectivity index (χ2v) is 7.17. The number of nitrogens with one attached hydrogen (secondary N) is 1. The Bertz CT molecular complexity index is 1120. The number of hydrogen-bond acceptors (Lipinski definition) is 4. The molecule has 0 saturated carbocycles. The summed E-state index contributed by atoms with van der Waals surface area (Å²) in [5.74, 6) is -0.152. The number of nitro benzene ring substituents is 1. The molecule has 3 aromatic rings. The summed E-state index contributed by atoms with van der Waals surface area (Å²) < 4.78 is 0. The summed E-state index contributed by atoms with van der Waals surface area (Å²) in [5, 5.41) is 19.0. The van der Waals surface area contributed by atoms with Crippen molar-refractivity contribution in [3.8, 4) is 11.3 Å². The summed E-state index contributed by atoms with van der Waals surface area (Å²) in [4.78, 5) is 24.8. The molecule has 0 aliphatic carbocycles. The first kappa shape index (κ1) is 18.9. The third-order valence-electron chi connectivity index (χ3n) is 4.84. The van der Waals surface area contributed by atoms with Crippen molar-refractivity contribution in [3.05, 3.63) is 86.6 Å². The van der Waals surface area contributed by atoms with Gasteiger partial charge in [0.05, 0.1) is 10.6 Å². The van der Waals surface area contributed by atoms with Gasteiger partial charge in [-0.15, -0.1) is 0 Å². The van der Waals surface area contributed by atoms with Gasteiger partial charge in [-0.25, -0.2) is 0 Å². The van der Waals surface area contributed by atoms with Gasteiger partial charge in [-0.05, 0) is 23.8 Å². The molecule has 0 saturated heterocycles. The number of benzene rings is 2. The molecule has 0 atom stereocenters. The van der Waals surface area contributed by atoms with Crippen LogP contribution < -0.4 is 0 Å². The van der Waals surface area contributed by atoms with Gasteiger partial charge in [-0.2, -0.15) is 5.10 Å². The molecule has 1 amide bonds. The van der Waals surface area contributed by atoms with Gasteiger partial charge in [0.25, 0.3) is 5.69 Å². The summed E-state index contributed by atoms with van der Waals surface area (Å²) in [6.45, 7) is 1.01. The van der Waals surface area contributed by atoms with Crippen LogP contribution in [0.25, 0.3) is 17.3 Å². The molecule has 0 unspecified atom stereocenters. The van der Waals surface area contributed by atoms with E-state index in [0.29, 0.717) is 30.1 Å². The lowest BCUT2D eigenvalue weighted by Gasteiger charge is -2.26. The average molecular weight is 409 g/mol. The molecule has 0 bridgehead atoms. The Morgan fingerprint density at radius 2 is 2.07 bits per heavy atom. The molecule has 1 aromatic heterocycles. The van der Waals surface area contributed by atoms with Crippen LogP contribution >= 0.6 is 11.6 Å². The monoisotopic (exact) mass is 408 g/mol. The number of non-ortho nitro benzene ring substituents is 1. The van der Waals surface area contributed by atoms with E-state index in [9.17, 15) is 14.9 Å². The maximum absolute atomic E-state index is 12.7. The third kappa shape index (κ3) is 4.05. The molecular weight excluding hydrogens is 392 g/mol. The number of hydrogen-bond donors (Lipinski definition) is 1. The van der Waals surface area contributed by atoms with Crippen LogP contribution in [0.4, 0.5) is 5.69 Å². The van der Waals surface area contributed by atoms with Gasteiger partial charge in [0.2, 0.25) is 5.91 Å². The summed E-state index contributed by atoms with van der Waals surface area (Å²) in [6, 6.07) is 13.6. The molecule has 7 nitrogen and oxygen atoms in total. The van der Waals surface area contributed by atoms with Crippen molar-refractivity contribution in [2.24, 2.45) is 0 Å². The number of carbonyl (C=O) groups excluding carboxylic acids is 1. The van der Waals surface area contributed by atoms with E-state index in [1.54, 1.807) is 29.2 Å². The van der Waals surface area contributed by atoms with Crippen molar-refractivity contribution in [3.63, 3.8) is 0 Å². The number of nitro groups is 1. The maximum atomic E-state index is 12.7. The molecule has 4 rings (SSSR count). The minimum absolute atomic E-state index is 0.00762. The first-order chi connectivity index (χ1) is 14.0. The van der Waals surface area contributed by atoms with Gasteiger partial charge >= 0.3 is 0 Å². The molecule has 2 heterocycles. The summed E-state index contributed by atoms with van der Waals surface area (Å²) in [6.07, 6.45) is 3.72. The van der Waals surface area contributed by atoms with E-state index in [0.717, 1.165) is 22.5 Å². The predicted molar refractivity (Wildman–Crippen MR) is 110 cm³/mol. The lowest BCUT2D eigenvalue weighted by atomic mass is 10.0. The number of carbonyl (C=O) groups is 1. The lowest BCUT2D eigenvalue weighted by molar-refractivity contribution is -0.384. The highest BCUT2D eigenvalue weighted by Crippen LogP contribution is 2.30. The zero-order valence-corrected chi connectivity index (χ0v) is 16.1. The molecule has 146 valence electrons. The van der Waals surface area contributed by atoms with E-state index < -0.39 is 4.92 Å². The Morgan fingerprint density at radius 3 is 2.86 bits per heavy atom. The van der Waals surface area contributed by atoms with Crippen LogP contribution in [0, 0.1) is 10.1 Å². The average Bonchev–Trinajstić information content (AvgIpc) is 3.15. The van der Waals surface area contributed by atoms with Crippen LogP contribution in [0.3, 0.4) is 0 Å². The molecular formula is C21H17ClN4O3. The molecule has 2 aromatic carbocycles. The minimum atomic E-state index is -0.457. The van der Waals surface area contributed by atoms with Gasteiger partial charge < -0.3 is 4.90 Å². The van der Waals surface area contributed by atoms with Crippen molar-refractivity contribution < 1.29 is 9.72 Å².